The highest BCUT2D eigenvalue weighted by molar-refractivity contribution is 5.27. The van der Waals surface area contributed by atoms with Gasteiger partial charge in [0.15, 0.2) is 0 Å². The Bertz CT molecular complexity index is 257. The molecule has 0 saturated carbocycles. The van der Waals surface area contributed by atoms with Gasteiger partial charge < -0.3 is 0 Å². The summed E-state index contributed by atoms with van der Waals surface area (Å²) in [5.74, 6) is 1.10. The first-order valence-corrected chi connectivity index (χ1v) is 4.33. The molecule has 0 radical (unpaired) electrons. The van der Waals surface area contributed by atoms with Crippen molar-refractivity contribution in [1.29, 1.82) is 0 Å². The SMILES string of the molecule is C1=CC2C=C/C=C\C=C/C2C=C1. The van der Waals surface area contributed by atoms with E-state index in [1.807, 2.05) is 0 Å². The van der Waals surface area contributed by atoms with Gasteiger partial charge in [0.05, 0.1) is 0 Å². The van der Waals surface area contributed by atoms with Crippen molar-refractivity contribution >= 4 is 0 Å². The van der Waals surface area contributed by atoms with Crippen LogP contribution in [0.4, 0.5) is 0 Å². The summed E-state index contributed by atoms with van der Waals surface area (Å²) in [4.78, 5) is 0. The van der Waals surface area contributed by atoms with Gasteiger partial charge in [-0.2, -0.15) is 0 Å². The number of rotatable bonds is 0. The summed E-state index contributed by atoms with van der Waals surface area (Å²) in [7, 11) is 0. The van der Waals surface area contributed by atoms with E-state index < -0.39 is 0 Å². The zero-order valence-corrected chi connectivity index (χ0v) is 6.93. The largest absolute Gasteiger partial charge is 0.0767 e. The van der Waals surface area contributed by atoms with Crippen molar-refractivity contribution in [3.8, 4) is 0 Å². The van der Waals surface area contributed by atoms with E-state index in [9.17, 15) is 0 Å². The number of fused-ring (bicyclic) bond motifs is 1. The molecule has 0 saturated heterocycles. The maximum Gasteiger partial charge on any atom is 0.00506 e. The van der Waals surface area contributed by atoms with Crippen molar-refractivity contribution in [2.24, 2.45) is 11.8 Å². The Morgan fingerprint density at radius 1 is 0.417 bits per heavy atom. The lowest BCUT2D eigenvalue weighted by Crippen LogP contribution is -2.07. The summed E-state index contributed by atoms with van der Waals surface area (Å²) in [5, 5.41) is 0. The van der Waals surface area contributed by atoms with Crippen LogP contribution in [0.15, 0.2) is 60.8 Å². The second kappa shape index (κ2) is 3.40. The van der Waals surface area contributed by atoms with Crippen molar-refractivity contribution in [3.63, 3.8) is 0 Å². The van der Waals surface area contributed by atoms with Crippen LogP contribution in [0.5, 0.6) is 0 Å². The van der Waals surface area contributed by atoms with Gasteiger partial charge in [0.1, 0.15) is 0 Å². The van der Waals surface area contributed by atoms with Gasteiger partial charge in [-0.25, -0.2) is 0 Å². The highest BCUT2D eigenvalue weighted by atomic mass is 14.2. The Hall–Kier alpha value is -1.30. The second-order valence-corrected chi connectivity index (χ2v) is 3.08. The van der Waals surface area contributed by atoms with E-state index in [0.717, 1.165) is 0 Å². The minimum Gasteiger partial charge on any atom is -0.0767 e. The molecule has 2 aliphatic carbocycles. The summed E-state index contributed by atoms with van der Waals surface area (Å²) in [6.07, 6.45) is 21.6. The number of hydrogen-bond donors (Lipinski definition) is 0. The fraction of sp³-hybridized carbons (Fsp3) is 0.167. The number of hydrogen-bond acceptors (Lipinski definition) is 0. The van der Waals surface area contributed by atoms with E-state index in [0.29, 0.717) is 11.8 Å². The maximum absolute atomic E-state index is 2.24. The average Bonchev–Trinajstić information content (AvgIpc) is 2.06. The molecule has 0 spiro atoms. The molecule has 0 N–H and O–H groups in total. The van der Waals surface area contributed by atoms with Crippen molar-refractivity contribution < 1.29 is 0 Å². The first-order chi connectivity index (χ1) is 5.97. The quantitative estimate of drug-likeness (QED) is 0.505. The van der Waals surface area contributed by atoms with Gasteiger partial charge in [-0.05, 0) is 0 Å². The normalized spacial score (nSPS) is 36.7. The number of allylic oxidation sites excluding steroid dienone is 10. The minimum absolute atomic E-state index is 0.552. The fourth-order valence-electron chi connectivity index (χ4n) is 1.54. The van der Waals surface area contributed by atoms with Gasteiger partial charge in [0.25, 0.3) is 0 Å². The second-order valence-electron chi connectivity index (χ2n) is 3.08. The Labute approximate surface area is 73.3 Å². The molecule has 0 aromatic rings. The summed E-state index contributed by atoms with van der Waals surface area (Å²) in [6, 6.07) is 0. The van der Waals surface area contributed by atoms with Crippen LogP contribution in [-0.4, -0.2) is 0 Å². The first kappa shape index (κ1) is 7.35. The van der Waals surface area contributed by atoms with Crippen LogP contribution < -0.4 is 0 Å². The molecule has 0 bridgehead atoms. The zero-order chi connectivity index (χ0) is 8.23. The Morgan fingerprint density at radius 3 is 1.17 bits per heavy atom. The molecule has 2 rings (SSSR count). The van der Waals surface area contributed by atoms with Crippen LogP contribution in [0.3, 0.4) is 0 Å². The van der Waals surface area contributed by atoms with Crippen molar-refractivity contribution in [1.82, 2.24) is 0 Å². The van der Waals surface area contributed by atoms with Crippen molar-refractivity contribution in [3.05, 3.63) is 60.8 Å². The van der Waals surface area contributed by atoms with Crippen LogP contribution >= 0.6 is 0 Å². The van der Waals surface area contributed by atoms with Gasteiger partial charge in [-0.3, -0.25) is 0 Å². The standard InChI is InChI=1S/C12H12/c1-2-4-8-12-10-6-5-9-11(12)7-3-1/h1-12H/b2-1-,7-3-,8-4?. The van der Waals surface area contributed by atoms with Crippen molar-refractivity contribution in [2.45, 2.75) is 0 Å². The summed E-state index contributed by atoms with van der Waals surface area (Å²) >= 11 is 0. The molecule has 0 heteroatoms. The monoisotopic (exact) mass is 156 g/mol. The Kier molecular flexibility index (Phi) is 2.08. The van der Waals surface area contributed by atoms with Gasteiger partial charge in [0, 0.05) is 11.8 Å². The topological polar surface area (TPSA) is 0 Å². The maximum atomic E-state index is 2.24. The molecule has 2 unspecified atom stereocenters. The minimum atomic E-state index is 0.552. The molecule has 2 aliphatic rings. The lowest BCUT2D eigenvalue weighted by atomic mass is 9.87. The third-order valence-corrected chi connectivity index (χ3v) is 2.22. The Balaban J connectivity index is 2.28. The van der Waals surface area contributed by atoms with Crippen LogP contribution in [0, 0.1) is 11.8 Å². The third kappa shape index (κ3) is 1.48. The Morgan fingerprint density at radius 2 is 0.750 bits per heavy atom. The molecular weight excluding hydrogens is 144 g/mol. The van der Waals surface area contributed by atoms with Gasteiger partial charge >= 0.3 is 0 Å². The van der Waals surface area contributed by atoms with E-state index >= 15 is 0 Å². The highest BCUT2D eigenvalue weighted by Gasteiger charge is 2.12. The summed E-state index contributed by atoms with van der Waals surface area (Å²) < 4.78 is 0. The molecule has 12 heavy (non-hydrogen) atoms. The van der Waals surface area contributed by atoms with Crippen LogP contribution in [0.25, 0.3) is 0 Å². The molecule has 0 aromatic heterocycles. The fourth-order valence-corrected chi connectivity index (χ4v) is 1.54. The predicted octanol–water partition coefficient (Wildman–Crippen LogP) is 3.03. The third-order valence-electron chi connectivity index (χ3n) is 2.22. The lowest BCUT2D eigenvalue weighted by molar-refractivity contribution is 0.667. The van der Waals surface area contributed by atoms with Gasteiger partial charge in [-0.1, -0.05) is 60.8 Å². The molecule has 0 nitrogen and oxygen atoms in total. The van der Waals surface area contributed by atoms with E-state index in [1.165, 1.54) is 0 Å². The van der Waals surface area contributed by atoms with Crippen molar-refractivity contribution in [2.75, 3.05) is 0 Å². The van der Waals surface area contributed by atoms with E-state index in [-0.39, 0.29) is 0 Å². The zero-order valence-electron chi connectivity index (χ0n) is 6.93. The summed E-state index contributed by atoms with van der Waals surface area (Å²) in [6.45, 7) is 0. The molecule has 0 amide bonds. The molecule has 0 aromatic carbocycles. The molecular formula is C12H12. The molecule has 0 aliphatic heterocycles. The molecule has 0 fully saturated rings. The smallest absolute Gasteiger partial charge is 0.00506 e. The molecule has 60 valence electrons. The van der Waals surface area contributed by atoms with E-state index in [4.69, 9.17) is 0 Å². The van der Waals surface area contributed by atoms with E-state index in [2.05, 4.69) is 60.8 Å². The van der Waals surface area contributed by atoms with Crippen LogP contribution in [-0.2, 0) is 0 Å². The molecule has 0 heterocycles. The molecule has 2 atom stereocenters. The first-order valence-electron chi connectivity index (χ1n) is 4.33. The lowest BCUT2D eigenvalue weighted by Gasteiger charge is -2.17. The highest BCUT2D eigenvalue weighted by Crippen LogP contribution is 2.23. The average molecular weight is 156 g/mol. The van der Waals surface area contributed by atoms with E-state index in [1.54, 1.807) is 0 Å². The van der Waals surface area contributed by atoms with Gasteiger partial charge in [0.2, 0.25) is 0 Å². The van der Waals surface area contributed by atoms with Crippen LogP contribution in [0.1, 0.15) is 0 Å². The summed E-state index contributed by atoms with van der Waals surface area (Å²) in [5.41, 5.74) is 0. The predicted molar refractivity (Wildman–Crippen MR) is 52.7 cm³/mol. The van der Waals surface area contributed by atoms with Gasteiger partial charge in [-0.15, -0.1) is 0 Å². The van der Waals surface area contributed by atoms with Crippen LogP contribution in [0.2, 0.25) is 0 Å².